The van der Waals surface area contributed by atoms with E-state index < -0.39 is 0 Å². The molecule has 4 atom stereocenters. The number of aromatic amines is 1. The molecule has 4 unspecified atom stereocenters. The van der Waals surface area contributed by atoms with Crippen molar-refractivity contribution in [2.24, 2.45) is 17.8 Å². The van der Waals surface area contributed by atoms with Gasteiger partial charge >= 0.3 is 6.03 Å². The van der Waals surface area contributed by atoms with E-state index in [4.69, 9.17) is 0 Å². The summed E-state index contributed by atoms with van der Waals surface area (Å²) in [4.78, 5) is 15.3. The van der Waals surface area contributed by atoms with Crippen molar-refractivity contribution in [3.05, 3.63) is 35.8 Å². The van der Waals surface area contributed by atoms with Crippen molar-refractivity contribution in [3.8, 4) is 0 Å². The van der Waals surface area contributed by atoms with Gasteiger partial charge in [-0.3, -0.25) is 0 Å². The third-order valence-electron chi connectivity index (χ3n) is 6.01. The third-order valence-corrected chi connectivity index (χ3v) is 6.01. The van der Waals surface area contributed by atoms with Gasteiger partial charge in [0.05, 0.1) is 0 Å². The first-order valence-electron chi connectivity index (χ1n) is 9.06. The molecular weight excluding hydrogens is 321 g/mol. The zero-order valence-corrected chi connectivity index (χ0v) is 14.1. The molecule has 0 saturated heterocycles. The van der Waals surface area contributed by atoms with Gasteiger partial charge in [0, 0.05) is 42.2 Å². The van der Waals surface area contributed by atoms with Crippen LogP contribution < -0.4 is 10.6 Å². The number of hydrogen-bond acceptors (Lipinski definition) is 2. The van der Waals surface area contributed by atoms with Crippen molar-refractivity contribution in [1.29, 1.82) is 0 Å². The highest BCUT2D eigenvalue weighted by molar-refractivity contribution is 5.83. The Bertz CT molecular complexity index is 775. The van der Waals surface area contributed by atoms with Crippen LogP contribution >= 0.6 is 0 Å². The van der Waals surface area contributed by atoms with Crippen molar-refractivity contribution >= 4 is 16.9 Å². The first kappa shape index (κ1) is 16.4. The highest BCUT2D eigenvalue weighted by atomic mass is 19.1. The number of rotatable bonds is 5. The lowest BCUT2D eigenvalue weighted by atomic mass is 9.85. The summed E-state index contributed by atoms with van der Waals surface area (Å²) in [5, 5.41) is 16.4. The number of aromatic nitrogens is 1. The van der Waals surface area contributed by atoms with Gasteiger partial charge < -0.3 is 20.7 Å². The van der Waals surface area contributed by atoms with Gasteiger partial charge in [0.25, 0.3) is 0 Å². The van der Waals surface area contributed by atoms with Crippen molar-refractivity contribution in [2.75, 3.05) is 13.2 Å². The molecule has 2 fully saturated rings. The highest BCUT2D eigenvalue weighted by Crippen LogP contribution is 2.48. The molecule has 6 heteroatoms. The maximum absolute atomic E-state index is 13.4. The van der Waals surface area contributed by atoms with Gasteiger partial charge in [0.2, 0.25) is 0 Å². The predicted octanol–water partition coefficient (Wildman–Crippen LogP) is 2.56. The summed E-state index contributed by atoms with van der Waals surface area (Å²) >= 11 is 0. The molecule has 2 aliphatic rings. The number of nitrogens with one attached hydrogen (secondary N) is 3. The van der Waals surface area contributed by atoms with E-state index >= 15 is 0 Å². The molecule has 2 bridgehead atoms. The van der Waals surface area contributed by atoms with Crippen molar-refractivity contribution in [1.82, 2.24) is 15.6 Å². The molecule has 0 spiro atoms. The molecule has 2 aromatic rings. The molecule has 2 saturated carbocycles. The maximum Gasteiger partial charge on any atom is 0.315 e. The zero-order valence-electron chi connectivity index (χ0n) is 14.1. The minimum atomic E-state index is -0.259. The molecule has 0 aliphatic heterocycles. The third kappa shape index (κ3) is 3.11. The van der Waals surface area contributed by atoms with Gasteiger partial charge in [0.15, 0.2) is 0 Å². The van der Waals surface area contributed by atoms with Crippen LogP contribution in [0.15, 0.2) is 24.4 Å². The van der Waals surface area contributed by atoms with Crippen LogP contribution in [0.4, 0.5) is 9.18 Å². The molecule has 1 aromatic heterocycles. The van der Waals surface area contributed by atoms with E-state index in [1.54, 1.807) is 6.07 Å². The van der Waals surface area contributed by atoms with Crippen LogP contribution in [0.5, 0.6) is 0 Å². The highest BCUT2D eigenvalue weighted by Gasteiger charge is 2.47. The summed E-state index contributed by atoms with van der Waals surface area (Å²) in [6.45, 7) is 0.632. The fourth-order valence-electron chi connectivity index (χ4n) is 4.77. The molecule has 2 amide bonds. The predicted molar refractivity (Wildman–Crippen MR) is 93.7 cm³/mol. The number of fused-ring (bicyclic) bond motifs is 3. The number of amides is 2. The van der Waals surface area contributed by atoms with Crippen molar-refractivity contribution < 1.29 is 14.3 Å². The van der Waals surface area contributed by atoms with Gasteiger partial charge in [-0.15, -0.1) is 0 Å². The number of urea groups is 1. The summed E-state index contributed by atoms with van der Waals surface area (Å²) in [6.07, 6.45) is 5.94. The summed E-state index contributed by atoms with van der Waals surface area (Å²) in [6, 6.07) is 4.58. The molecule has 0 radical (unpaired) electrons. The summed E-state index contributed by atoms with van der Waals surface area (Å²) in [7, 11) is 0. The zero-order chi connectivity index (χ0) is 17.4. The first-order chi connectivity index (χ1) is 12.2. The quantitative estimate of drug-likeness (QED) is 0.672. The van der Waals surface area contributed by atoms with Gasteiger partial charge in [-0.25, -0.2) is 9.18 Å². The Morgan fingerprint density at radius 1 is 1.32 bits per heavy atom. The molecular formula is C19H24FN3O2. The Morgan fingerprint density at radius 3 is 3.00 bits per heavy atom. The van der Waals surface area contributed by atoms with Gasteiger partial charge in [-0.05, 0) is 61.3 Å². The van der Waals surface area contributed by atoms with Gasteiger partial charge in [-0.2, -0.15) is 0 Å². The topological polar surface area (TPSA) is 77.2 Å². The SMILES string of the molecule is O=C(NCCc1c[nH]c2ccc(F)cc12)NC1C2CCC(C2)C1CO. The van der Waals surface area contributed by atoms with E-state index in [-0.39, 0.29) is 30.4 Å². The normalized spacial score (nSPS) is 27.8. The minimum Gasteiger partial charge on any atom is -0.396 e. The Hall–Kier alpha value is -2.08. The smallest absolute Gasteiger partial charge is 0.315 e. The Labute approximate surface area is 146 Å². The number of halogens is 1. The van der Waals surface area contributed by atoms with Crippen molar-refractivity contribution in [2.45, 2.75) is 31.7 Å². The number of aliphatic hydroxyl groups excluding tert-OH is 1. The van der Waals surface area contributed by atoms with Crippen LogP contribution in [-0.2, 0) is 6.42 Å². The number of carbonyl (C=O) groups is 1. The second-order valence-corrected chi connectivity index (χ2v) is 7.36. The van der Waals surface area contributed by atoms with Gasteiger partial charge in [0.1, 0.15) is 5.82 Å². The average Bonchev–Trinajstić information content (AvgIpc) is 3.29. The molecule has 5 nitrogen and oxygen atoms in total. The van der Waals surface area contributed by atoms with E-state index in [9.17, 15) is 14.3 Å². The molecule has 1 aromatic carbocycles. The van der Waals surface area contributed by atoms with E-state index in [1.165, 1.54) is 18.6 Å². The first-order valence-corrected chi connectivity index (χ1v) is 9.06. The molecule has 4 rings (SSSR count). The van der Waals surface area contributed by atoms with E-state index in [0.717, 1.165) is 29.3 Å². The van der Waals surface area contributed by atoms with Crippen LogP contribution in [0.2, 0.25) is 0 Å². The van der Waals surface area contributed by atoms with Crippen LogP contribution in [0.1, 0.15) is 24.8 Å². The van der Waals surface area contributed by atoms with E-state index in [1.807, 2.05) is 6.20 Å². The molecule has 134 valence electrons. The van der Waals surface area contributed by atoms with E-state index in [0.29, 0.717) is 24.8 Å². The summed E-state index contributed by atoms with van der Waals surface area (Å²) in [5.74, 6) is 0.998. The maximum atomic E-state index is 13.4. The second-order valence-electron chi connectivity index (χ2n) is 7.36. The molecule has 4 N–H and O–H groups in total. The summed E-state index contributed by atoms with van der Waals surface area (Å²) < 4.78 is 13.4. The fourth-order valence-corrected chi connectivity index (χ4v) is 4.77. The lowest BCUT2D eigenvalue weighted by Crippen LogP contribution is -2.49. The number of hydrogen-bond donors (Lipinski definition) is 4. The van der Waals surface area contributed by atoms with Crippen LogP contribution in [-0.4, -0.2) is 35.3 Å². The Kier molecular flexibility index (Phi) is 4.37. The largest absolute Gasteiger partial charge is 0.396 e. The number of benzene rings is 1. The molecule has 1 heterocycles. The van der Waals surface area contributed by atoms with Crippen LogP contribution in [0.25, 0.3) is 10.9 Å². The van der Waals surface area contributed by atoms with Gasteiger partial charge in [-0.1, -0.05) is 0 Å². The average molecular weight is 345 g/mol. The molecule has 2 aliphatic carbocycles. The second kappa shape index (κ2) is 6.67. The number of H-pyrrole nitrogens is 1. The number of aliphatic hydroxyl groups is 1. The Morgan fingerprint density at radius 2 is 2.16 bits per heavy atom. The fraction of sp³-hybridized carbons (Fsp3) is 0.526. The Balaban J connectivity index is 1.31. The van der Waals surface area contributed by atoms with Crippen LogP contribution in [0.3, 0.4) is 0 Å². The van der Waals surface area contributed by atoms with Crippen LogP contribution in [0, 0.1) is 23.6 Å². The lowest BCUT2D eigenvalue weighted by molar-refractivity contribution is 0.144. The lowest BCUT2D eigenvalue weighted by Gasteiger charge is -2.30. The van der Waals surface area contributed by atoms with E-state index in [2.05, 4.69) is 15.6 Å². The number of carbonyl (C=O) groups excluding carboxylic acids is 1. The van der Waals surface area contributed by atoms with Crippen molar-refractivity contribution in [3.63, 3.8) is 0 Å². The molecule has 25 heavy (non-hydrogen) atoms. The summed E-state index contributed by atoms with van der Waals surface area (Å²) in [5.41, 5.74) is 1.89. The minimum absolute atomic E-state index is 0.0888. The standard InChI is InChI=1S/C19H24FN3O2/c20-14-3-4-17-15(8-14)13(9-22-17)5-6-21-19(25)23-18-12-2-1-11(7-12)16(18)10-24/h3-4,8-9,11-12,16,18,22,24H,1-2,5-7,10H2,(H2,21,23,25). The monoisotopic (exact) mass is 345 g/mol.